The second-order valence-electron chi connectivity index (χ2n) is 6.86. The number of nitrogens with zero attached hydrogens (tertiary/aromatic N) is 3. The molecule has 2 aromatic heterocycles. The van der Waals surface area contributed by atoms with Crippen molar-refractivity contribution >= 4 is 22.8 Å². The van der Waals surface area contributed by atoms with Crippen LogP contribution in [0.4, 0.5) is 19.0 Å². The van der Waals surface area contributed by atoms with E-state index in [1.165, 1.54) is 0 Å². The van der Waals surface area contributed by atoms with Crippen LogP contribution >= 0.6 is 0 Å². The zero-order chi connectivity index (χ0) is 20.7. The van der Waals surface area contributed by atoms with E-state index in [1.54, 1.807) is 4.90 Å². The summed E-state index contributed by atoms with van der Waals surface area (Å²) in [6.45, 7) is 1.16. The number of halogens is 3. The Kier molecular flexibility index (Phi) is 4.73. The van der Waals surface area contributed by atoms with E-state index in [1.807, 2.05) is 0 Å². The summed E-state index contributed by atoms with van der Waals surface area (Å²) in [5.41, 5.74) is -1.91. The van der Waals surface area contributed by atoms with Crippen molar-refractivity contribution in [1.82, 2.24) is 9.55 Å². The van der Waals surface area contributed by atoms with E-state index in [0.717, 1.165) is 48.2 Å². The van der Waals surface area contributed by atoms with Gasteiger partial charge in [0.1, 0.15) is 17.2 Å². The first kappa shape index (κ1) is 19.0. The third-order valence-corrected chi connectivity index (χ3v) is 4.97. The molecule has 9 heteroatoms. The highest BCUT2D eigenvalue weighted by atomic mass is 19.1. The number of hydrogen-bond donors (Lipinski definition) is 1. The number of aromatic nitrogens is 2. The van der Waals surface area contributed by atoms with Gasteiger partial charge in [-0.15, -0.1) is 0 Å². The first-order valence-corrected chi connectivity index (χ1v) is 9.06. The summed E-state index contributed by atoms with van der Waals surface area (Å²) in [4.78, 5) is 30.1. The minimum atomic E-state index is -1.55. The van der Waals surface area contributed by atoms with Crippen molar-refractivity contribution in [1.29, 1.82) is 0 Å². The molecule has 4 rings (SSSR count). The molecule has 3 aromatic rings. The first-order valence-electron chi connectivity index (χ1n) is 9.06. The molecule has 0 spiro atoms. The molecule has 3 heterocycles. The molecule has 1 aliphatic rings. The van der Waals surface area contributed by atoms with Gasteiger partial charge in [0.25, 0.3) is 0 Å². The van der Waals surface area contributed by atoms with E-state index in [0.29, 0.717) is 19.2 Å². The summed E-state index contributed by atoms with van der Waals surface area (Å²) in [5, 5.41) is 9.05. The van der Waals surface area contributed by atoms with Crippen LogP contribution in [-0.4, -0.2) is 33.7 Å². The predicted molar refractivity (Wildman–Crippen MR) is 100 cm³/mol. The molecular weight excluding hydrogens is 387 g/mol. The number of piperidine rings is 1. The summed E-state index contributed by atoms with van der Waals surface area (Å²) in [7, 11) is 0. The van der Waals surface area contributed by atoms with Crippen molar-refractivity contribution in [2.24, 2.45) is 0 Å². The van der Waals surface area contributed by atoms with Crippen molar-refractivity contribution < 1.29 is 23.1 Å². The number of benzene rings is 1. The minimum absolute atomic E-state index is 0.0101. The van der Waals surface area contributed by atoms with Crippen LogP contribution in [0.1, 0.15) is 29.6 Å². The Morgan fingerprint density at radius 1 is 1.03 bits per heavy atom. The standard InChI is InChI=1S/C20H16F3N3O3/c21-11-4-5-16(14(22)8-11)26-10-13(20(28)29)17(27)12-9-15(23)19(24-18(12)26)25-6-2-1-3-7-25/h4-5,8-10H,1-3,6-7H2,(H,28,29). The maximum absolute atomic E-state index is 14.8. The highest BCUT2D eigenvalue weighted by molar-refractivity contribution is 5.92. The summed E-state index contributed by atoms with van der Waals surface area (Å²) in [6, 6.07) is 3.66. The summed E-state index contributed by atoms with van der Waals surface area (Å²) in [6.07, 6.45) is 3.65. The molecule has 1 aromatic carbocycles. The quantitative estimate of drug-likeness (QED) is 0.725. The first-order chi connectivity index (χ1) is 13.9. The van der Waals surface area contributed by atoms with E-state index in [4.69, 9.17) is 0 Å². The van der Waals surface area contributed by atoms with Crippen LogP contribution in [0.15, 0.2) is 35.3 Å². The number of anilines is 1. The van der Waals surface area contributed by atoms with Gasteiger partial charge in [0, 0.05) is 25.4 Å². The number of carboxylic acids is 1. The van der Waals surface area contributed by atoms with E-state index in [2.05, 4.69) is 4.98 Å². The summed E-state index contributed by atoms with van der Waals surface area (Å²) in [5.74, 6) is -4.09. The molecule has 1 saturated heterocycles. The highest BCUT2D eigenvalue weighted by Crippen LogP contribution is 2.26. The van der Waals surface area contributed by atoms with Gasteiger partial charge in [-0.2, -0.15) is 0 Å². The number of rotatable bonds is 3. The molecule has 1 fully saturated rings. The van der Waals surface area contributed by atoms with Crippen molar-refractivity contribution in [3.63, 3.8) is 0 Å². The normalized spacial score (nSPS) is 14.4. The van der Waals surface area contributed by atoms with E-state index < -0.39 is 34.4 Å². The topological polar surface area (TPSA) is 75.4 Å². The third kappa shape index (κ3) is 3.32. The van der Waals surface area contributed by atoms with Gasteiger partial charge < -0.3 is 10.0 Å². The average Bonchev–Trinajstić information content (AvgIpc) is 2.69. The molecule has 0 bridgehead atoms. The van der Waals surface area contributed by atoms with Crippen LogP contribution in [0.3, 0.4) is 0 Å². The van der Waals surface area contributed by atoms with Crippen LogP contribution in [0.5, 0.6) is 0 Å². The lowest BCUT2D eigenvalue weighted by molar-refractivity contribution is 0.0695. The Labute approximate surface area is 162 Å². The Bertz CT molecular complexity index is 1190. The maximum atomic E-state index is 14.8. The molecule has 0 saturated carbocycles. The van der Waals surface area contributed by atoms with Gasteiger partial charge in [-0.25, -0.2) is 22.9 Å². The zero-order valence-electron chi connectivity index (χ0n) is 15.2. The van der Waals surface area contributed by atoms with E-state index >= 15 is 0 Å². The van der Waals surface area contributed by atoms with Gasteiger partial charge in [-0.05, 0) is 37.5 Å². The van der Waals surface area contributed by atoms with Gasteiger partial charge >= 0.3 is 5.97 Å². The van der Waals surface area contributed by atoms with Gasteiger partial charge in [0.2, 0.25) is 5.43 Å². The van der Waals surface area contributed by atoms with Gasteiger partial charge in [0.05, 0.1) is 11.1 Å². The Hall–Kier alpha value is -3.36. The van der Waals surface area contributed by atoms with E-state index in [9.17, 15) is 27.9 Å². The highest BCUT2D eigenvalue weighted by Gasteiger charge is 2.23. The predicted octanol–water partition coefficient (Wildman–Crippen LogP) is 3.49. The molecule has 6 nitrogen and oxygen atoms in total. The smallest absolute Gasteiger partial charge is 0.341 e. The zero-order valence-corrected chi connectivity index (χ0v) is 15.2. The summed E-state index contributed by atoms with van der Waals surface area (Å²) >= 11 is 0. The Balaban J connectivity index is 2.05. The van der Waals surface area contributed by atoms with Crippen LogP contribution < -0.4 is 10.3 Å². The number of fused-ring (bicyclic) bond motifs is 1. The third-order valence-electron chi connectivity index (χ3n) is 4.97. The van der Waals surface area contributed by atoms with Crippen LogP contribution in [0.25, 0.3) is 16.7 Å². The number of hydrogen-bond acceptors (Lipinski definition) is 4. The molecule has 150 valence electrons. The van der Waals surface area contributed by atoms with Crippen molar-refractivity contribution in [2.75, 3.05) is 18.0 Å². The molecule has 1 aliphatic heterocycles. The average molecular weight is 403 g/mol. The van der Waals surface area contributed by atoms with Crippen LogP contribution in [0, 0.1) is 17.5 Å². The van der Waals surface area contributed by atoms with Gasteiger partial charge in [0.15, 0.2) is 17.3 Å². The van der Waals surface area contributed by atoms with Gasteiger partial charge in [-0.1, -0.05) is 0 Å². The Morgan fingerprint density at radius 2 is 1.76 bits per heavy atom. The second-order valence-corrected chi connectivity index (χ2v) is 6.86. The molecule has 29 heavy (non-hydrogen) atoms. The SMILES string of the molecule is O=C(O)c1cn(-c2ccc(F)cc2F)c2nc(N3CCCCC3)c(F)cc2c1=O. The fraction of sp³-hybridized carbons (Fsp3) is 0.250. The van der Waals surface area contributed by atoms with Crippen LogP contribution in [0.2, 0.25) is 0 Å². The van der Waals surface area contributed by atoms with Crippen molar-refractivity contribution in [2.45, 2.75) is 19.3 Å². The Morgan fingerprint density at radius 3 is 2.41 bits per heavy atom. The lowest BCUT2D eigenvalue weighted by Crippen LogP contribution is -2.31. The monoisotopic (exact) mass is 403 g/mol. The van der Waals surface area contributed by atoms with Crippen molar-refractivity contribution in [3.8, 4) is 5.69 Å². The fourth-order valence-electron chi connectivity index (χ4n) is 3.55. The minimum Gasteiger partial charge on any atom is -0.477 e. The molecule has 0 atom stereocenters. The molecule has 0 amide bonds. The largest absolute Gasteiger partial charge is 0.477 e. The number of aromatic carboxylic acids is 1. The number of carbonyl (C=O) groups is 1. The fourth-order valence-corrected chi connectivity index (χ4v) is 3.55. The molecular formula is C20H16F3N3O3. The molecule has 1 N–H and O–H groups in total. The molecule has 0 aliphatic carbocycles. The van der Waals surface area contributed by atoms with Crippen LogP contribution in [-0.2, 0) is 0 Å². The number of carboxylic acid groups (broad SMARTS) is 1. The van der Waals surface area contributed by atoms with E-state index in [-0.39, 0.29) is 22.5 Å². The lowest BCUT2D eigenvalue weighted by Gasteiger charge is -2.28. The lowest BCUT2D eigenvalue weighted by atomic mass is 10.1. The summed E-state index contributed by atoms with van der Waals surface area (Å²) < 4.78 is 43.6. The van der Waals surface area contributed by atoms with Crippen molar-refractivity contribution in [3.05, 3.63) is 63.7 Å². The second kappa shape index (κ2) is 7.23. The number of pyridine rings is 2. The molecule has 0 radical (unpaired) electrons. The van der Waals surface area contributed by atoms with Gasteiger partial charge in [-0.3, -0.25) is 9.36 Å². The molecule has 0 unspecified atom stereocenters. The maximum Gasteiger partial charge on any atom is 0.341 e.